The Labute approximate surface area is 174 Å². The predicted octanol–water partition coefficient (Wildman–Crippen LogP) is 3.57. The highest BCUT2D eigenvalue weighted by Gasteiger charge is 2.33. The Morgan fingerprint density at radius 3 is 2.28 bits per heavy atom. The van der Waals surface area contributed by atoms with Crippen molar-refractivity contribution in [2.75, 3.05) is 13.1 Å². The van der Waals surface area contributed by atoms with Crippen molar-refractivity contribution in [3.05, 3.63) is 64.7 Å². The highest BCUT2D eigenvalue weighted by molar-refractivity contribution is 6.30. The van der Waals surface area contributed by atoms with Crippen LogP contribution in [0.3, 0.4) is 0 Å². The summed E-state index contributed by atoms with van der Waals surface area (Å²) in [7, 11) is 0. The summed E-state index contributed by atoms with van der Waals surface area (Å²) in [5, 5.41) is 13.7. The molecule has 0 atom stereocenters. The van der Waals surface area contributed by atoms with Gasteiger partial charge < -0.3 is 4.90 Å². The predicted molar refractivity (Wildman–Crippen MR) is 110 cm³/mol. The number of benzene rings is 2. The van der Waals surface area contributed by atoms with Gasteiger partial charge in [-0.1, -0.05) is 35.9 Å². The molecule has 3 aromatic rings. The summed E-state index contributed by atoms with van der Waals surface area (Å²) in [6, 6.07) is 16.0. The van der Waals surface area contributed by atoms with Gasteiger partial charge >= 0.3 is 0 Å². The molecule has 5 rings (SSSR count). The van der Waals surface area contributed by atoms with Crippen LogP contribution >= 0.6 is 11.6 Å². The lowest BCUT2D eigenvalue weighted by molar-refractivity contribution is -0.136. The van der Waals surface area contributed by atoms with Gasteiger partial charge in [0.05, 0.1) is 6.04 Å². The average molecular weight is 408 g/mol. The molecule has 1 aromatic heterocycles. The zero-order chi connectivity index (χ0) is 19.8. The van der Waals surface area contributed by atoms with Gasteiger partial charge in [-0.2, -0.15) is 4.80 Å². The summed E-state index contributed by atoms with van der Waals surface area (Å²) in [4.78, 5) is 16.7. The second-order valence-electron chi connectivity index (χ2n) is 7.87. The maximum atomic E-state index is 13.0. The molecular weight excluding hydrogens is 386 g/mol. The number of hydrogen-bond acceptors (Lipinski definition) is 4. The third-order valence-corrected chi connectivity index (χ3v) is 6.29. The van der Waals surface area contributed by atoms with Gasteiger partial charge in [0.25, 0.3) is 0 Å². The van der Waals surface area contributed by atoms with Crippen molar-refractivity contribution < 1.29 is 4.79 Å². The first-order chi connectivity index (χ1) is 14.2. The molecule has 29 heavy (non-hydrogen) atoms. The van der Waals surface area contributed by atoms with Gasteiger partial charge in [0.1, 0.15) is 0 Å². The highest BCUT2D eigenvalue weighted by atomic mass is 35.5. The van der Waals surface area contributed by atoms with Crippen LogP contribution in [0, 0.1) is 5.92 Å². The summed E-state index contributed by atoms with van der Waals surface area (Å²) in [6.45, 7) is 1.49. The third-order valence-electron chi connectivity index (χ3n) is 6.03. The first kappa shape index (κ1) is 18.3. The molecule has 148 valence electrons. The van der Waals surface area contributed by atoms with Crippen molar-refractivity contribution in [1.29, 1.82) is 0 Å². The molecule has 2 aromatic carbocycles. The number of tetrazole rings is 1. The molecule has 0 spiro atoms. The van der Waals surface area contributed by atoms with Gasteiger partial charge in [0.2, 0.25) is 11.7 Å². The minimum absolute atomic E-state index is 0.0879. The Hall–Kier alpha value is -2.73. The molecule has 0 saturated carbocycles. The third kappa shape index (κ3) is 3.65. The molecule has 2 aliphatic rings. The van der Waals surface area contributed by atoms with Crippen molar-refractivity contribution in [2.45, 2.75) is 31.7 Å². The maximum absolute atomic E-state index is 13.0. The van der Waals surface area contributed by atoms with Crippen LogP contribution in [0.15, 0.2) is 48.5 Å². The molecular formula is C22H22ClN5O. The molecule has 0 unspecified atom stereocenters. The van der Waals surface area contributed by atoms with Crippen molar-refractivity contribution in [3.8, 4) is 11.4 Å². The molecule has 1 fully saturated rings. The lowest BCUT2D eigenvalue weighted by Crippen LogP contribution is -2.42. The van der Waals surface area contributed by atoms with Crippen LogP contribution in [0.4, 0.5) is 0 Å². The zero-order valence-corrected chi connectivity index (χ0v) is 16.8. The fourth-order valence-corrected chi connectivity index (χ4v) is 4.53. The second-order valence-corrected chi connectivity index (χ2v) is 8.31. The second kappa shape index (κ2) is 7.59. The van der Waals surface area contributed by atoms with E-state index in [1.165, 1.54) is 11.1 Å². The zero-order valence-electron chi connectivity index (χ0n) is 16.0. The smallest absolute Gasteiger partial charge is 0.226 e. The molecule has 0 radical (unpaired) electrons. The van der Waals surface area contributed by atoms with Gasteiger partial charge in [-0.05, 0) is 66.3 Å². The molecule has 2 heterocycles. The van der Waals surface area contributed by atoms with E-state index >= 15 is 0 Å². The Bertz CT molecular complexity index is 999. The van der Waals surface area contributed by atoms with Crippen LogP contribution in [-0.4, -0.2) is 44.1 Å². The number of fused-ring (bicyclic) bond motifs is 1. The SMILES string of the molecule is O=C(C1Cc2ccccc2C1)N1CCC(n2nnc(-c3ccc(Cl)cc3)n2)CC1. The van der Waals surface area contributed by atoms with Crippen LogP contribution in [0.5, 0.6) is 0 Å². The number of piperidine rings is 1. The topological polar surface area (TPSA) is 63.9 Å². The molecule has 0 N–H and O–H groups in total. The summed E-state index contributed by atoms with van der Waals surface area (Å²) in [5.41, 5.74) is 3.54. The van der Waals surface area contributed by atoms with Gasteiger partial charge in [-0.15, -0.1) is 10.2 Å². The molecule has 1 aliphatic carbocycles. The molecule has 0 bridgehead atoms. The van der Waals surface area contributed by atoms with Crippen LogP contribution in [0.1, 0.15) is 30.0 Å². The monoisotopic (exact) mass is 407 g/mol. The minimum atomic E-state index is 0.0879. The van der Waals surface area contributed by atoms with E-state index in [9.17, 15) is 4.79 Å². The Morgan fingerprint density at radius 1 is 0.966 bits per heavy atom. The first-order valence-electron chi connectivity index (χ1n) is 10.1. The Kier molecular flexibility index (Phi) is 4.79. The number of halogens is 1. The average Bonchev–Trinajstić information content (AvgIpc) is 3.41. The van der Waals surface area contributed by atoms with Crippen molar-refractivity contribution in [3.63, 3.8) is 0 Å². The van der Waals surface area contributed by atoms with E-state index in [2.05, 4.69) is 39.7 Å². The summed E-state index contributed by atoms with van der Waals surface area (Å²) < 4.78 is 0. The van der Waals surface area contributed by atoms with E-state index < -0.39 is 0 Å². The van der Waals surface area contributed by atoms with E-state index in [0.29, 0.717) is 10.8 Å². The molecule has 7 heteroatoms. The number of likely N-dealkylation sites (tertiary alicyclic amines) is 1. The fraction of sp³-hybridized carbons (Fsp3) is 0.364. The summed E-state index contributed by atoms with van der Waals surface area (Å²) in [5.74, 6) is 0.974. The summed E-state index contributed by atoms with van der Waals surface area (Å²) in [6.07, 6.45) is 3.43. The number of carbonyl (C=O) groups excluding carboxylic acids is 1. The van der Waals surface area contributed by atoms with Gasteiger partial charge in [0.15, 0.2) is 0 Å². The molecule has 6 nitrogen and oxygen atoms in total. The lowest BCUT2D eigenvalue weighted by atomic mass is 10.0. The maximum Gasteiger partial charge on any atom is 0.226 e. The number of nitrogens with zero attached hydrogens (tertiary/aromatic N) is 5. The quantitative estimate of drug-likeness (QED) is 0.665. The number of amides is 1. The normalized spacial score (nSPS) is 17.5. The minimum Gasteiger partial charge on any atom is -0.342 e. The largest absolute Gasteiger partial charge is 0.342 e. The van der Waals surface area contributed by atoms with Crippen LogP contribution in [0.25, 0.3) is 11.4 Å². The highest BCUT2D eigenvalue weighted by Crippen LogP contribution is 2.30. The van der Waals surface area contributed by atoms with E-state index in [1.807, 2.05) is 29.2 Å². The van der Waals surface area contributed by atoms with E-state index in [4.69, 9.17) is 11.6 Å². The van der Waals surface area contributed by atoms with Crippen LogP contribution in [-0.2, 0) is 17.6 Å². The Balaban J connectivity index is 1.20. The van der Waals surface area contributed by atoms with Gasteiger partial charge in [0, 0.05) is 29.6 Å². The van der Waals surface area contributed by atoms with Gasteiger partial charge in [-0.25, -0.2) is 0 Å². The lowest BCUT2D eigenvalue weighted by Gasteiger charge is -2.32. The Morgan fingerprint density at radius 2 is 1.62 bits per heavy atom. The fourth-order valence-electron chi connectivity index (χ4n) is 4.40. The number of rotatable bonds is 3. The van der Waals surface area contributed by atoms with Crippen molar-refractivity contribution >= 4 is 17.5 Å². The molecule has 1 amide bonds. The summed E-state index contributed by atoms with van der Waals surface area (Å²) >= 11 is 5.94. The van der Waals surface area contributed by atoms with Crippen molar-refractivity contribution in [1.82, 2.24) is 25.1 Å². The van der Waals surface area contributed by atoms with E-state index in [0.717, 1.165) is 44.3 Å². The standard InChI is InChI=1S/C22H22ClN5O/c23-19-7-5-15(6-8-19)21-24-26-28(25-21)20-9-11-27(12-10-20)22(29)18-13-16-3-1-2-4-17(16)14-18/h1-8,18,20H,9-14H2. The van der Waals surface area contributed by atoms with E-state index in [-0.39, 0.29) is 17.9 Å². The van der Waals surface area contributed by atoms with Crippen LogP contribution < -0.4 is 0 Å². The number of carbonyl (C=O) groups is 1. The molecule has 1 saturated heterocycles. The first-order valence-corrected chi connectivity index (χ1v) is 10.5. The van der Waals surface area contributed by atoms with Gasteiger partial charge in [-0.3, -0.25) is 4.79 Å². The van der Waals surface area contributed by atoms with Crippen LogP contribution in [0.2, 0.25) is 5.02 Å². The number of aromatic nitrogens is 4. The van der Waals surface area contributed by atoms with Crippen molar-refractivity contribution in [2.24, 2.45) is 5.92 Å². The number of hydrogen-bond donors (Lipinski definition) is 0. The van der Waals surface area contributed by atoms with E-state index in [1.54, 1.807) is 4.80 Å². The molecule has 1 aliphatic heterocycles.